The Morgan fingerprint density at radius 1 is 1.07 bits per heavy atom. The van der Waals surface area contributed by atoms with Crippen LogP contribution in [0.4, 0.5) is 0 Å². The Morgan fingerprint density at radius 3 is 2.59 bits per heavy atom. The Kier molecular flexibility index (Phi) is 8.82. The van der Waals surface area contributed by atoms with Gasteiger partial charge in [0.1, 0.15) is 11.5 Å². The van der Waals surface area contributed by atoms with Crippen LogP contribution in [0.5, 0.6) is 11.5 Å². The van der Waals surface area contributed by atoms with Gasteiger partial charge in [-0.05, 0) is 43.2 Å². The van der Waals surface area contributed by atoms with Crippen LogP contribution in [-0.2, 0) is 13.0 Å². The third-order valence-corrected chi connectivity index (χ3v) is 4.37. The number of aliphatic imine (C=N–C) groups is 1. The van der Waals surface area contributed by atoms with Gasteiger partial charge in [-0.3, -0.25) is 4.79 Å². The van der Waals surface area contributed by atoms with Crippen LogP contribution in [0.15, 0.2) is 47.5 Å². The summed E-state index contributed by atoms with van der Waals surface area (Å²) in [7, 11) is 4.90. The number of guanidine groups is 1. The molecule has 0 saturated carbocycles. The zero-order valence-electron chi connectivity index (χ0n) is 17.5. The number of carbonyl (C=O) groups excluding carboxylic acids is 1. The number of carbonyl (C=O) groups is 1. The lowest BCUT2D eigenvalue weighted by molar-refractivity contribution is 0.0963. The molecule has 0 aromatic heterocycles. The molecule has 0 aliphatic rings. The standard InChI is InChI=1S/C22H30N4O3/c1-5-24-22(26-15-18-9-10-19(28-3)14-20(18)29-4)25-12-11-16-7-6-8-17(13-16)21(27)23-2/h6-10,13-14H,5,11-12,15H2,1-4H3,(H,23,27)(H2,24,25,26). The molecule has 2 aromatic carbocycles. The number of hydrogen-bond donors (Lipinski definition) is 3. The van der Waals surface area contributed by atoms with E-state index in [1.807, 2.05) is 49.4 Å². The molecule has 0 unspecified atom stereocenters. The van der Waals surface area contributed by atoms with Crippen molar-refractivity contribution in [2.45, 2.75) is 19.9 Å². The highest BCUT2D eigenvalue weighted by Gasteiger charge is 2.06. The highest BCUT2D eigenvalue weighted by Crippen LogP contribution is 2.25. The van der Waals surface area contributed by atoms with Crippen LogP contribution in [-0.4, -0.2) is 46.2 Å². The molecule has 2 rings (SSSR count). The Labute approximate surface area is 172 Å². The van der Waals surface area contributed by atoms with Gasteiger partial charge in [0.05, 0.1) is 20.8 Å². The quantitative estimate of drug-likeness (QED) is 0.446. The molecule has 0 saturated heterocycles. The van der Waals surface area contributed by atoms with E-state index in [9.17, 15) is 4.79 Å². The van der Waals surface area contributed by atoms with E-state index in [4.69, 9.17) is 9.47 Å². The van der Waals surface area contributed by atoms with E-state index >= 15 is 0 Å². The first-order valence-electron chi connectivity index (χ1n) is 9.65. The van der Waals surface area contributed by atoms with E-state index in [0.29, 0.717) is 18.7 Å². The fraction of sp³-hybridized carbons (Fsp3) is 0.364. The zero-order chi connectivity index (χ0) is 21.1. The van der Waals surface area contributed by atoms with Crippen LogP contribution >= 0.6 is 0 Å². The van der Waals surface area contributed by atoms with Gasteiger partial charge >= 0.3 is 0 Å². The molecule has 0 heterocycles. The van der Waals surface area contributed by atoms with Crippen LogP contribution in [0.3, 0.4) is 0 Å². The number of ether oxygens (including phenoxy) is 2. The number of amides is 1. The first kappa shape index (κ1) is 22.1. The van der Waals surface area contributed by atoms with Gasteiger partial charge < -0.3 is 25.4 Å². The highest BCUT2D eigenvalue weighted by atomic mass is 16.5. The molecule has 0 atom stereocenters. The van der Waals surface area contributed by atoms with Gasteiger partial charge in [0.2, 0.25) is 0 Å². The summed E-state index contributed by atoms with van der Waals surface area (Å²) >= 11 is 0. The van der Waals surface area contributed by atoms with Crippen molar-refractivity contribution in [2.75, 3.05) is 34.4 Å². The lowest BCUT2D eigenvalue weighted by Gasteiger charge is -2.13. The molecule has 7 nitrogen and oxygen atoms in total. The lowest BCUT2D eigenvalue weighted by Crippen LogP contribution is -2.38. The largest absolute Gasteiger partial charge is 0.497 e. The number of rotatable bonds is 9. The van der Waals surface area contributed by atoms with Gasteiger partial charge in [-0.1, -0.05) is 12.1 Å². The van der Waals surface area contributed by atoms with Gasteiger partial charge in [-0.2, -0.15) is 0 Å². The maximum Gasteiger partial charge on any atom is 0.251 e. The van der Waals surface area contributed by atoms with Crippen LogP contribution in [0.1, 0.15) is 28.4 Å². The fourth-order valence-corrected chi connectivity index (χ4v) is 2.83. The van der Waals surface area contributed by atoms with E-state index in [2.05, 4.69) is 20.9 Å². The topological polar surface area (TPSA) is 84.0 Å². The summed E-state index contributed by atoms with van der Waals surface area (Å²) in [6, 6.07) is 13.3. The van der Waals surface area contributed by atoms with E-state index in [1.54, 1.807) is 21.3 Å². The van der Waals surface area contributed by atoms with E-state index in [-0.39, 0.29) is 5.91 Å². The summed E-state index contributed by atoms with van der Waals surface area (Å²) in [6.45, 7) is 3.97. The lowest BCUT2D eigenvalue weighted by atomic mass is 10.1. The average molecular weight is 399 g/mol. The molecule has 29 heavy (non-hydrogen) atoms. The molecule has 156 valence electrons. The van der Waals surface area contributed by atoms with Gasteiger partial charge in [-0.15, -0.1) is 0 Å². The van der Waals surface area contributed by atoms with Crippen molar-refractivity contribution in [2.24, 2.45) is 4.99 Å². The Hall–Kier alpha value is -3.22. The average Bonchev–Trinajstić information content (AvgIpc) is 2.76. The second kappa shape index (κ2) is 11.6. The van der Waals surface area contributed by atoms with Crippen molar-refractivity contribution in [1.82, 2.24) is 16.0 Å². The summed E-state index contributed by atoms with van der Waals surface area (Å²) in [5, 5.41) is 9.23. The van der Waals surface area contributed by atoms with Crippen molar-refractivity contribution in [3.8, 4) is 11.5 Å². The second-order valence-electron chi connectivity index (χ2n) is 6.33. The summed E-state index contributed by atoms with van der Waals surface area (Å²) < 4.78 is 10.7. The van der Waals surface area contributed by atoms with Gasteiger partial charge in [0, 0.05) is 37.3 Å². The number of nitrogens with one attached hydrogen (secondary N) is 3. The molecule has 1 amide bonds. The van der Waals surface area contributed by atoms with E-state index < -0.39 is 0 Å². The maximum absolute atomic E-state index is 11.8. The minimum atomic E-state index is -0.0804. The Balaban J connectivity index is 1.99. The van der Waals surface area contributed by atoms with Crippen molar-refractivity contribution in [3.05, 3.63) is 59.2 Å². The second-order valence-corrected chi connectivity index (χ2v) is 6.33. The highest BCUT2D eigenvalue weighted by molar-refractivity contribution is 5.94. The molecule has 3 N–H and O–H groups in total. The molecule has 0 bridgehead atoms. The smallest absolute Gasteiger partial charge is 0.251 e. The van der Waals surface area contributed by atoms with Gasteiger partial charge in [-0.25, -0.2) is 4.99 Å². The SMILES string of the molecule is CCNC(=NCc1ccc(OC)cc1OC)NCCc1cccc(C(=O)NC)c1. The predicted octanol–water partition coefficient (Wildman–Crippen LogP) is 2.36. The number of nitrogens with zero attached hydrogens (tertiary/aromatic N) is 1. The molecule has 2 aromatic rings. The fourth-order valence-electron chi connectivity index (χ4n) is 2.83. The van der Waals surface area contributed by atoms with Gasteiger partial charge in [0.15, 0.2) is 5.96 Å². The summed E-state index contributed by atoms with van der Waals surface area (Å²) in [4.78, 5) is 16.4. The van der Waals surface area contributed by atoms with E-state index in [1.165, 1.54) is 0 Å². The minimum absolute atomic E-state index is 0.0804. The first-order chi connectivity index (χ1) is 14.1. The minimum Gasteiger partial charge on any atom is -0.497 e. The van der Waals surface area contributed by atoms with Crippen molar-refractivity contribution < 1.29 is 14.3 Å². The summed E-state index contributed by atoms with van der Waals surface area (Å²) in [5.41, 5.74) is 2.73. The monoisotopic (exact) mass is 398 g/mol. The molecule has 0 aliphatic carbocycles. The number of benzene rings is 2. The zero-order valence-corrected chi connectivity index (χ0v) is 17.5. The molecule has 0 aliphatic heterocycles. The molecule has 0 fully saturated rings. The van der Waals surface area contributed by atoms with E-state index in [0.717, 1.165) is 41.6 Å². The third-order valence-electron chi connectivity index (χ3n) is 4.37. The third kappa shape index (κ3) is 6.71. The Bertz CT molecular complexity index is 837. The van der Waals surface area contributed by atoms with Crippen LogP contribution in [0.2, 0.25) is 0 Å². The van der Waals surface area contributed by atoms with Crippen LogP contribution in [0, 0.1) is 0 Å². The van der Waals surface area contributed by atoms with Crippen molar-refractivity contribution in [1.29, 1.82) is 0 Å². The molecule has 7 heteroatoms. The summed E-state index contributed by atoms with van der Waals surface area (Å²) in [5.74, 6) is 2.14. The molecule has 0 spiro atoms. The first-order valence-corrected chi connectivity index (χ1v) is 9.65. The molecular formula is C22H30N4O3. The summed E-state index contributed by atoms with van der Waals surface area (Å²) in [6.07, 6.45) is 0.779. The maximum atomic E-state index is 11.8. The van der Waals surface area contributed by atoms with Crippen LogP contribution < -0.4 is 25.4 Å². The predicted molar refractivity (Wildman–Crippen MR) is 116 cm³/mol. The Morgan fingerprint density at radius 2 is 1.90 bits per heavy atom. The van der Waals surface area contributed by atoms with Crippen molar-refractivity contribution in [3.63, 3.8) is 0 Å². The van der Waals surface area contributed by atoms with Gasteiger partial charge in [0.25, 0.3) is 5.91 Å². The van der Waals surface area contributed by atoms with Crippen LogP contribution in [0.25, 0.3) is 0 Å². The number of methoxy groups -OCH3 is 2. The molecular weight excluding hydrogens is 368 g/mol. The number of hydrogen-bond acceptors (Lipinski definition) is 4. The normalized spacial score (nSPS) is 11.0. The molecule has 0 radical (unpaired) electrons. The van der Waals surface area contributed by atoms with Crippen molar-refractivity contribution >= 4 is 11.9 Å².